The summed E-state index contributed by atoms with van der Waals surface area (Å²) in [6.45, 7) is 7.04. The lowest BCUT2D eigenvalue weighted by Crippen LogP contribution is -2.56. The van der Waals surface area contributed by atoms with Gasteiger partial charge in [0, 0.05) is 31.0 Å². The van der Waals surface area contributed by atoms with E-state index in [1.54, 1.807) is 4.90 Å². The zero-order valence-corrected chi connectivity index (χ0v) is 21.2. The Morgan fingerprint density at radius 2 is 2.14 bits per heavy atom. The van der Waals surface area contributed by atoms with Gasteiger partial charge >= 0.3 is 0 Å². The van der Waals surface area contributed by atoms with Crippen LogP contribution in [0.25, 0.3) is 10.9 Å². The lowest BCUT2D eigenvalue weighted by atomic mass is 9.67. The van der Waals surface area contributed by atoms with Crippen molar-refractivity contribution in [2.75, 3.05) is 26.5 Å². The van der Waals surface area contributed by atoms with E-state index in [9.17, 15) is 4.79 Å². The molecule has 0 spiro atoms. The second kappa shape index (κ2) is 8.47. The summed E-state index contributed by atoms with van der Waals surface area (Å²) in [5, 5.41) is 10.0. The molecule has 37 heavy (non-hydrogen) atoms. The molecule has 3 saturated heterocycles. The van der Waals surface area contributed by atoms with Gasteiger partial charge in [-0.1, -0.05) is 5.21 Å². The lowest BCUT2D eigenvalue weighted by Gasteiger charge is -2.43. The van der Waals surface area contributed by atoms with Crippen molar-refractivity contribution in [1.82, 2.24) is 24.9 Å². The van der Waals surface area contributed by atoms with E-state index in [1.165, 1.54) is 5.56 Å². The molecule has 4 aliphatic heterocycles. The van der Waals surface area contributed by atoms with Crippen molar-refractivity contribution in [1.29, 1.82) is 0 Å². The molecule has 2 atom stereocenters. The number of hydrogen-bond acceptors (Lipinski definition) is 8. The van der Waals surface area contributed by atoms with E-state index >= 15 is 0 Å². The van der Waals surface area contributed by atoms with Crippen LogP contribution < -0.4 is 4.74 Å². The molecule has 2 bridgehead atoms. The molecule has 4 fully saturated rings. The van der Waals surface area contributed by atoms with Gasteiger partial charge in [-0.15, -0.1) is 5.10 Å². The van der Waals surface area contributed by atoms with Gasteiger partial charge in [-0.3, -0.25) is 9.78 Å². The normalized spacial score (nSPS) is 29.6. The van der Waals surface area contributed by atoms with Crippen molar-refractivity contribution in [3.63, 3.8) is 0 Å². The SMILES string of the molecule is C[C@@H](Oc1ccc2ncc3c(c2c1)CCOC3)c1cn(C23CC(C)(C2)OC3C(=O)N2CCCOC2)nn1. The van der Waals surface area contributed by atoms with Crippen molar-refractivity contribution < 1.29 is 23.7 Å². The Kier molecular flexibility index (Phi) is 5.28. The summed E-state index contributed by atoms with van der Waals surface area (Å²) in [7, 11) is 0. The number of hydrogen-bond donors (Lipinski definition) is 0. The molecular weight excluding hydrogens is 474 g/mol. The highest BCUT2D eigenvalue weighted by molar-refractivity contribution is 5.85. The number of fused-ring (bicyclic) bond motifs is 4. The number of aromatic nitrogens is 4. The topological polar surface area (TPSA) is 101 Å². The van der Waals surface area contributed by atoms with Crippen LogP contribution in [-0.2, 0) is 37.6 Å². The van der Waals surface area contributed by atoms with Crippen molar-refractivity contribution in [2.45, 2.75) is 69.5 Å². The quantitative estimate of drug-likeness (QED) is 0.522. The van der Waals surface area contributed by atoms with Gasteiger partial charge in [0.2, 0.25) is 0 Å². The van der Waals surface area contributed by atoms with E-state index in [1.807, 2.05) is 36.1 Å². The molecule has 194 valence electrons. The second-order valence-corrected chi connectivity index (χ2v) is 11.0. The van der Waals surface area contributed by atoms with E-state index in [2.05, 4.69) is 28.3 Å². The fourth-order valence-electron chi connectivity index (χ4n) is 6.47. The Morgan fingerprint density at radius 3 is 2.97 bits per heavy atom. The van der Waals surface area contributed by atoms with Crippen LogP contribution in [0.3, 0.4) is 0 Å². The molecule has 10 nitrogen and oxygen atoms in total. The molecule has 1 saturated carbocycles. The largest absolute Gasteiger partial charge is 0.484 e. The summed E-state index contributed by atoms with van der Waals surface area (Å²) >= 11 is 0. The number of ether oxygens (including phenoxy) is 4. The van der Waals surface area contributed by atoms with E-state index in [0.717, 1.165) is 54.5 Å². The number of carbonyl (C=O) groups is 1. The van der Waals surface area contributed by atoms with E-state index in [4.69, 9.17) is 18.9 Å². The van der Waals surface area contributed by atoms with Gasteiger partial charge < -0.3 is 23.8 Å². The van der Waals surface area contributed by atoms with Gasteiger partial charge in [0.15, 0.2) is 6.10 Å². The molecule has 5 aliphatic rings. The standard InChI is InChI=1S/C27H31N5O5/c1-17(36-19-4-5-22-21(10-19)20-6-9-34-13-18(20)11-28-22)23-12-32(30-29-23)27-14-26(2,15-27)37-24(27)25(33)31-7-3-8-35-16-31/h4-5,10-12,17,24H,3,6-9,13-16H2,1-2H3/t17-,24?,26?,27?/m1/s1. The Balaban J connectivity index is 1.12. The maximum atomic E-state index is 13.4. The molecule has 10 heteroatoms. The third-order valence-corrected chi connectivity index (χ3v) is 8.24. The molecule has 0 N–H and O–H groups in total. The average molecular weight is 506 g/mol. The molecule has 2 aromatic heterocycles. The van der Waals surface area contributed by atoms with E-state index in [-0.39, 0.29) is 17.6 Å². The third-order valence-electron chi connectivity index (χ3n) is 8.24. The van der Waals surface area contributed by atoms with Gasteiger partial charge in [-0.25, -0.2) is 4.68 Å². The molecule has 1 aliphatic carbocycles. The fourth-order valence-corrected chi connectivity index (χ4v) is 6.47. The van der Waals surface area contributed by atoms with Crippen LogP contribution >= 0.6 is 0 Å². The van der Waals surface area contributed by atoms with E-state index < -0.39 is 11.6 Å². The maximum Gasteiger partial charge on any atom is 0.256 e. The van der Waals surface area contributed by atoms with Crippen molar-refractivity contribution >= 4 is 16.8 Å². The molecule has 3 aromatic rings. The highest BCUT2D eigenvalue weighted by atomic mass is 16.5. The number of amides is 1. The Hall–Kier alpha value is -3.08. The molecule has 8 rings (SSSR count). The second-order valence-electron chi connectivity index (χ2n) is 11.0. The summed E-state index contributed by atoms with van der Waals surface area (Å²) < 4.78 is 25.5. The number of pyridine rings is 1. The van der Waals surface area contributed by atoms with Crippen LogP contribution in [0.15, 0.2) is 30.6 Å². The van der Waals surface area contributed by atoms with Gasteiger partial charge in [0.05, 0.1) is 37.1 Å². The van der Waals surface area contributed by atoms with Crippen LogP contribution in [0.4, 0.5) is 0 Å². The maximum absolute atomic E-state index is 13.4. The van der Waals surface area contributed by atoms with Crippen LogP contribution in [-0.4, -0.2) is 69.0 Å². The number of carbonyl (C=O) groups excluding carboxylic acids is 1. The van der Waals surface area contributed by atoms with Crippen molar-refractivity contribution in [3.05, 3.63) is 47.4 Å². The fraction of sp³-hybridized carbons (Fsp3) is 0.556. The monoisotopic (exact) mass is 505 g/mol. The summed E-state index contributed by atoms with van der Waals surface area (Å²) in [4.78, 5) is 19.7. The minimum Gasteiger partial charge on any atom is -0.484 e. The number of nitrogens with zero attached hydrogens (tertiary/aromatic N) is 5. The van der Waals surface area contributed by atoms with Crippen LogP contribution in [0.5, 0.6) is 5.75 Å². The zero-order chi connectivity index (χ0) is 25.2. The molecular formula is C27H31N5O5. The summed E-state index contributed by atoms with van der Waals surface area (Å²) in [6, 6.07) is 6.00. The van der Waals surface area contributed by atoms with Crippen molar-refractivity contribution in [2.24, 2.45) is 0 Å². The molecule has 0 radical (unpaired) electrons. The van der Waals surface area contributed by atoms with E-state index in [0.29, 0.717) is 32.2 Å². The van der Waals surface area contributed by atoms with Crippen molar-refractivity contribution in [3.8, 4) is 5.75 Å². The predicted molar refractivity (Wildman–Crippen MR) is 132 cm³/mol. The minimum atomic E-state index is -0.590. The van der Waals surface area contributed by atoms with Crippen LogP contribution in [0.2, 0.25) is 0 Å². The first kappa shape index (κ1) is 23.1. The van der Waals surface area contributed by atoms with Crippen LogP contribution in [0.1, 0.15) is 56.0 Å². The van der Waals surface area contributed by atoms with Crippen LogP contribution in [0, 0.1) is 0 Å². The average Bonchev–Trinajstić information content (AvgIpc) is 3.60. The van der Waals surface area contributed by atoms with Gasteiger partial charge in [0.1, 0.15) is 29.8 Å². The number of benzene rings is 1. The highest BCUT2D eigenvalue weighted by Gasteiger charge is 2.70. The van der Waals surface area contributed by atoms with Gasteiger partial charge in [0.25, 0.3) is 5.91 Å². The summed E-state index contributed by atoms with van der Waals surface area (Å²) in [6.07, 6.45) is 6.08. The first-order valence-electron chi connectivity index (χ1n) is 13.1. The summed E-state index contributed by atoms with van der Waals surface area (Å²) in [5.41, 5.74) is 3.25. The first-order valence-corrected chi connectivity index (χ1v) is 13.1. The lowest BCUT2D eigenvalue weighted by molar-refractivity contribution is -0.153. The Morgan fingerprint density at radius 1 is 1.24 bits per heavy atom. The first-order chi connectivity index (χ1) is 17.9. The molecule has 1 amide bonds. The molecule has 6 heterocycles. The highest BCUT2D eigenvalue weighted by Crippen LogP contribution is 2.59. The predicted octanol–water partition coefficient (Wildman–Crippen LogP) is 2.89. The number of rotatable bonds is 5. The molecule has 1 unspecified atom stereocenters. The summed E-state index contributed by atoms with van der Waals surface area (Å²) in [5.74, 6) is 0.730. The smallest absolute Gasteiger partial charge is 0.256 e. The third kappa shape index (κ3) is 3.72. The molecule has 1 aromatic carbocycles. The minimum absolute atomic E-state index is 0.0271. The van der Waals surface area contributed by atoms with Gasteiger partial charge in [-0.2, -0.15) is 0 Å². The zero-order valence-electron chi connectivity index (χ0n) is 21.2. The Labute approximate surface area is 214 Å². The Bertz CT molecular complexity index is 1360. The van der Waals surface area contributed by atoms with Gasteiger partial charge in [-0.05, 0) is 56.0 Å².